The second-order valence-electron chi connectivity index (χ2n) is 6.86. The van der Waals surface area contributed by atoms with Crippen LogP contribution in [0.1, 0.15) is 36.0 Å². The van der Waals surface area contributed by atoms with Gasteiger partial charge < -0.3 is 22.1 Å². The fraction of sp³-hybridized carbons (Fsp3) is 0.316. The van der Waals surface area contributed by atoms with Gasteiger partial charge in [-0.25, -0.2) is 4.98 Å². The highest BCUT2D eigenvalue weighted by Crippen LogP contribution is 2.27. The van der Waals surface area contributed by atoms with E-state index in [1.54, 1.807) is 12.1 Å². The lowest BCUT2D eigenvalue weighted by Gasteiger charge is -2.29. The summed E-state index contributed by atoms with van der Waals surface area (Å²) >= 11 is 1.44. The number of hydrogen-bond acceptors (Lipinski definition) is 7. The number of fused-ring (bicyclic) bond motifs is 1. The molecule has 1 saturated carbocycles. The third kappa shape index (κ3) is 3.86. The minimum Gasteiger partial charge on any atom is -0.366 e. The van der Waals surface area contributed by atoms with Crippen LogP contribution in [0.15, 0.2) is 36.5 Å². The molecule has 27 heavy (non-hydrogen) atoms. The summed E-state index contributed by atoms with van der Waals surface area (Å²) in [6.45, 7) is 0. The van der Waals surface area contributed by atoms with Crippen molar-refractivity contribution in [1.29, 1.82) is 0 Å². The van der Waals surface area contributed by atoms with Crippen molar-refractivity contribution in [1.82, 2.24) is 9.36 Å². The summed E-state index contributed by atoms with van der Waals surface area (Å²) in [5.41, 5.74) is 12.9. The average Bonchev–Trinajstić information content (AvgIpc) is 3.11. The highest BCUT2D eigenvalue weighted by Gasteiger charge is 2.22. The molecule has 2 aromatic heterocycles. The zero-order valence-electron chi connectivity index (χ0n) is 14.8. The minimum atomic E-state index is -0.524. The highest BCUT2D eigenvalue weighted by atomic mass is 32.1. The summed E-state index contributed by atoms with van der Waals surface area (Å²) in [7, 11) is 0. The largest absolute Gasteiger partial charge is 0.366 e. The Morgan fingerprint density at radius 2 is 2.04 bits per heavy atom. The molecule has 1 aromatic carbocycles. The van der Waals surface area contributed by atoms with Crippen molar-refractivity contribution in [2.24, 2.45) is 11.5 Å². The topological polar surface area (TPSA) is 119 Å². The molecule has 4 rings (SSSR count). The number of aromatic nitrogens is 2. The van der Waals surface area contributed by atoms with Gasteiger partial charge in [0.25, 0.3) is 5.91 Å². The number of hydrogen-bond donors (Lipinski definition) is 4. The first-order chi connectivity index (χ1) is 13.1. The lowest BCUT2D eigenvalue weighted by molar-refractivity contribution is 0.100. The molecule has 1 amide bonds. The molecule has 0 radical (unpaired) electrons. The molecule has 2 atom stereocenters. The summed E-state index contributed by atoms with van der Waals surface area (Å²) in [5, 5.41) is 7.67. The molecule has 0 spiro atoms. The van der Waals surface area contributed by atoms with Crippen molar-refractivity contribution in [3.63, 3.8) is 0 Å². The van der Waals surface area contributed by atoms with Crippen LogP contribution in [0.5, 0.6) is 0 Å². The SMILES string of the molecule is NC(=O)c1ccc(N[C@@H]2CCCC[C@@H]2N)nc1Nc1ccc2sncc2c1. The molecule has 1 aliphatic rings. The number of carbonyl (C=O) groups excluding carboxylic acids is 1. The predicted octanol–water partition coefficient (Wildman–Crippen LogP) is 3.22. The first kappa shape index (κ1) is 17.7. The molecule has 1 fully saturated rings. The van der Waals surface area contributed by atoms with Crippen LogP contribution >= 0.6 is 11.5 Å². The van der Waals surface area contributed by atoms with Crippen LogP contribution in [0, 0.1) is 0 Å². The van der Waals surface area contributed by atoms with Crippen molar-refractivity contribution in [3.8, 4) is 0 Å². The zero-order valence-corrected chi connectivity index (χ0v) is 15.6. The van der Waals surface area contributed by atoms with E-state index in [1.165, 1.54) is 18.0 Å². The lowest BCUT2D eigenvalue weighted by Crippen LogP contribution is -2.42. The molecule has 7 nitrogen and oxygen atoms in total. The first-order valence-corrected chi connectivity index (χ1v) is 9.82. The van der Waals surface area contributed by atoms with Gasteiger partial charge in [0.05, 0.1) is 10.3 Å². The van der Waals surface area contributed by atoms with Crippen LogP contribution in [0.4, 0.5) is 17.3 Å². The number of nitrogens with zero attached hydrogens (tertiary/aromatic N) is 2. The van der Waals surface area contributed by atoms with Crippen molar-refractivity contribution in [3.05, 3.63) is 42.1 Å². The van der Waals surface area contributed by atoms with Crippen molar-refractivity contribution in [2.45, 2.75) is 37.8 Å². The molecular weight excluding hydrogens is 360 g/mol. The number of carbonyl (C=O) groups is 1. The molecule has 0 saturated heterocycles. The second kappa shape index (κ2) is 7.50. The fourth-order valence-corrected chi connectivity index (χ4v) is 4.07. The number of nitrogens with one attached hydrogen (secondary N) is 2. The van der Waals surface area contributed by atoms with Gasteiger partial charge in [-0.1, -0.05) is 12.8 Å². The Balaban J connectivity index is 1.61. The highest BCUT2D eigenvalue weighted by molar-refractivity contribution is 7.13. The van der Waals surface area contributed by atoms with Crippen molar-refractivity contribution < 1.29 is 4.79 Å². The van der Waals surface area contributed by atoms with Gasteiger partial charge >= 0.3 is 0 Å². The van der Waals surface area contributed by atoms with Crippen molar-refractivity contribution in [2.75, 3.05) is 10.6 Å². The summed E-state index contributed by atoms with van der Waals surface area (Å²) in [4.78, 5) is 16.4. The summed E-state index contributed by atoms with van der Waals surface area (Å²) < 4.78 is 5.29. The summed E-state index contributed by atoms with van der Waals surface area (Å²) in [6, 6.07) is 9.67. The zero-order chi connectivity index (χ0) is 18.8. The van der Waals surface area contributed by atoms with Crippen LogP contribution in [0.3, 0.4) is 0 Å². The van der Waals surface area contributed by atoms with E-state index in [-0.39, 0.29) is 12.1 Å². The average molecular weight is 382 g/mol. The quantitative estimate of drug-likeness (QED) is 0.538. The van der Waals surface area contributed by atoms with E-state index < -0.39 is 5.91 Å². The molecule has 0 aliphatic heterocycles. The second-order valence-corrected chi connectivity index (χ2v) is 7.69. The number of nitrogens with two attached hydrogens (primary N) is 2. The van der Waals surface area contributed by atoms with Gasteiger partial charge in [-0.2, -0.15) is 4.37 Å². The van der Waals surface area contributed by atoms with Gasteiger partial charge in [-0.3, -0.25) is 4.79 Å². The van der Waals surface area contributed by atoms with E-state index in [1.807, 2.05) is 24.4 Å². The molecule has 2 heterocycles. The van der Waals surface area contributed by atoms with Crippen molar-refractivity contribution >= 4 is 44.8 Å². The molecule has 8 heteroatoms. The number of pyridine rings is 1. The van der Waals surface area contributed by atoms with Gasteiger partial charge in [0.15, 0.2) is 0 Å². The van der Waals surface area contributed by atoms with E-state index in [4.69, 9.17) is 11.5 Å². The van der Waals surface area contributed by atoms with Crippen LogP contribution in [0.25, 0.3) is 10.1 Å². The number of amides is 1. The monoisotopic (exact) mass is 382 g/mol. The third-order valence-corrected chi connectivity index (χ3v) is 5.71. The maximum atomic E-state index is 11.8. The van der Waals surface area contributed by atoms with Gasteiger partial charge in [0.2, 0.25) is 0 Å². The van der Waals surface area contributed by atoms with Crippen LogP contribution < -0.4 is 22.1 Å². The Labute approximate surface area is 161 Å². The van der Waals surface area contributed by atoms with Crippen LogP contribution in [0.2, 0.25) is 0 Å². The lowest BCUT2D eigenvalue weighted by atomic mass is 9.91. The van der Waals surface area contributed by atoms with Gasteiger partial charge in [-0.05, 0) is 54.7 Å². The molecule has 6 N–H and O–H groups in total. The van der Waals surface area contributed by atoms with E-state index in [9.17, 15) is 4.79 Å². The maximum absolute atomic E-state index is 11.8. The third-order valence-electron chi connectivity index (χ3n) is 4.93. The molecule has 1 aliphatic carbocycles. The Hall–Kier alpha value is -2.71. The normalized spacial score (nSPS) is 19.7. The Bertz CT molecular complexity index is 972. The van der Waals surface area contributed by atoms with E-state index in [2.05, 4.69) is 20.0 Å². The van der Waals surface area contributed by atoms with Gasteiger partial charge in [0, 0.05) is 29.4 Å². The Kier molecular flexibility index (Phi) is 4.91. The number of rotatable bonds is 5. The fourth-order valence-electron chi connectivity index (χ4n) is 3.45. The van der Waals surface area contributed by atoms with E-state index >= 15 is 0 Å². The maximum Gasteiger partial charge on any atom is 0.252 e. The predicted molar refractivity (Wildman–Crippen MR) is 110 cm³/mol. The van der Waals surface area contributed by atoms with E-state index in [0.29, 0.717) is 17.2 Å². The summed E-state index contributed by atoms with van der Waals surface area (Å²) in [6.07, 6.45) is 6.17. The number of benzene rings is 1. The van der Waals surface area contributed by atoms with E-state index in [0.717, 1.165) is 35.0 Å². The molecule has 0 bridgehead atoms. The standard InChI is InChI=1S/C19H22N6OS/c20-14-3-1-2-4-15(14)24-17-8-6-13(18(21)26)19(25-17)23-12-5-7-16-11(9-12)10-22-27-16/h5-10,14-15H,1-4,20H2,(H2,21,26)(H2,23,24,25)/t14-,15+/m0/s1. The first-order valence-electron chi connectivity index (χ1n) is 9.04. The van der Waals surface area contributed by atoms with Crippen LogP contribution in [-0.2, 0) is 0 Å². The number of anilines is 3. The van der Waals surface area contributed by atoms with Gasteiger partial charge in [-0.15, -0.1) is 0 Å². The smallest absolute Gasteiger partial charge is 0.252 e. The van der Waals surface area contributed by atoms with Crippen LogP contribution in [-0.4, -0.2) is 27.3 Å². The Morgan fingerprint density at radius 1 is 1.19 bits per heavy atom. The Morgan fingerprint density at radius 3 is 2.85 bits per heavy atom. The molecule has 3 aromatic rings. The van der Waals surface area contributed by atoms with Gasteiger partial charge in [0.1, 0.15) is 11.6 Å². The number of primary amides is 1. The molecular formula is C19H22N6OS. The molecule has 0 unspecified atom stereocenters. The molecule has 140 valence electrons. The summed E-state index contributed by atoms with van der Waals surface area (Å²) in [5.74, 6) is 0.590. The minimum absolute atomic E-state index is 0.112.